The van der Waals surface area contributed by atoms with E-state index < -0.39 is 17.1 Å². The van der Waals surface area contributed by atoms with Crippen LogP contribution in [0.3, 0.4) is 0 Å². The van der Waals surface area contributed by atoms with Gasteiger partial charge in [-0.15, -0.1) is 11.8 Å². The topological polar surface area (TPSA) is 114 Å². The van der Waals surface area contributed by atoms with Crippen molar-refractivity contribution in [3.8, 4) is 11.5 Å². The van der Waals surface area contributed by atoms with E-state index in [9.17, 15) is 19.5 Å². The van der Waals surface area contributed by atoms with Gasteiger partial charge in [0.1, 0.15) is 16.7 Å². The minimum atomic E-state index is -1.11. The van der Waals surface area contributed by atoms with Gasteiger partial charge < -0.3 is 25.2 Å². The van der Waals surface area contributed by atoms with Crippen LogP contribution in [0.25, 0.3) is 10.8 Å². The van der Waals surface area contributed by atoms with Crippen LogP contribution in [0.4, 0.5) is 11.4 Å². The standard InChI is InChI=1S/C34H28N2O6S/c1-41-24-17-18-29(42-2)28(20-24)36-33(38)31(22-9-4-3-5-10-22)43-25-14-8-13-23(19-25)35-32(37)26-15-6-11-21-12-7-16-27(30(21)26)34(39)40/h3-20,31H,1-2H3,(H,35,37)(H,36,38)(H,39,40). The monoisotopic (exact) mass is 592 g/mol. The fraction of sp³-hybridized carbons (Fsp3) is 0.0882. The molecule has 2 amide bonds. The molecule has 43 heavy (non-hydrogen) atoms. The predicted molar refractivity (Wildman–Crippen MR) is 169 cm³/mol. The van der Waals surface area contributed by atoms with Crippen molar-refractivity contribution in [2.75, 3.05) is 24.9 Å². The van der Waals surface area contributed by atoms with Crippen molar-refractivity contribution < 1.29 is 29.0 Å². The molecule has 0 aliphatic heterocycles. The Labute approximate surface area is 252 Å². The Balaban J connectivity index is 1.42. The number of carbonyl (C=O) groups excluding carboxylic acids is 2. The molecule has 9 heteroatoms. The maximum Gasteiger partial charge on any atom is 0.336 e. The van der Waals surface area contributed by atoms with Crippen molar-refractivity contribution in [2.45, 2.75) is 10.1 Å². The largest absolute Gasteiger partial charge is 0.497 e. The van der Waals surface area contributed by atoms with E-state index in [1.54, 1.807) is 73.8 Å². The van der Waals surface area contributed by atoms with Crippen LogP contribution in [-0.2, 0) is 4.79 Å². The Morgan fingerprint density at radius 2 is 1.47 bits per heavy atom. The van der Waals surface area contributed by atoms with Gasteiger partial charge in [-0.05, 0) is 53.4 Å². The average Bonchev–Trinajstić information content (AvgIpc) is 3.03. The molecule has 5 aromatic rings. The summed E-state index contributed by atoms with van der Waals surface area (Å²) in [5, 5.41) is 16.0. The van der Waals surface area contributed by atoms with E-state index in [-0.39, 0.29) is 17.0 Å². The molecule has 3 N–H and O–H groups in total. The second kappa shape index (κ2) is 13.1. The number of hydrogen-bond acceptors (Lipinski definition) is 6. The Morgan fingerprint density at radius 1 is 0.744 bits per heavy atom. The highest BCUT2D eigenvalue weighted by Crippen LogP contribution is 2.38. The molecule has 0 aliphatic rings. The normalized spacial score (nSPS) is 11.4. The molecule has 0 saturated carbocycles. The van der Waals surface area contributed by atoms with Gasteiger partial charge in [-0.25, -0.2) is 4.79 Å². The molecule has 0 heterocycles. The van der Waals surface area contributed by atoms with Crippen molar-refractivity contribution in [3.05, 3.63) is 126 Å². The van der Waals surface area contributed by atoms with Crippen molar-refractivity contribution >= 4 is 51.7 Å². The van der Waals surface area contributed by atoms with Gasteiger partial charge in [0.25, 0.3) is 5.91 Å². The van der Waals surface area contributed by atoms with E-state index in [1.165, 1.54) is 24.9 Å². The van der Waals surface area contributed by atoms with Gasteiger partial charge in [0, 0.05) is 27.6 Å². The molecule has 0 aliphatic carbocycles. The number of ether oxygens (including phenoxy) is 2. The number of thioether (sulfide) groups is 1. The van der Waals surface area contributed by atoms with Gasteiger partial charge in [-0.1, -0.05) is 60.7 Å². The number of carboxylic acid groups (broad SMARTS) is 1. The van der Waals surface area contributed by atoms with E-state index >= 15 is 0 Å². The molecular formula is C34H28N2O6S. The first kappa shape index (κ1) is 29.2. The molecule has 8 nitrogen and oxygen atoms in total. The van der Waals surface area contributed by atoms with Crippen molar-refractivity contribution in [1.82, 2.24) is 0 Å². The summed E-state index contributed by atoms with van der Waals surface area (Å²) in [5.74, 6) is -0.751. The molecule has 0 radical (unpaired) electrons. The van der Waals surface area contributed by atoms with Crippen LogP contribution < -0.4 is 20.1 Å². The van der Waals surface area contributed by atoms with E-state index in [4.69, 9.17) is 9.47 Å². The number of anilines is 2. The summed E-state index contributed by atoms with van der Waals surface area (Å²) in [4.78, 5) is 39.7. The summed E-state index contributed by atoms with van der Waals surface area (Å²) in [5.41, 5.74) is 2.07. The third-order valence-electron chi connectivity index (χ3n) is 6.73. The average molecular weight is 593 g/mol. The maximum atomic E-state index is 13.7. The van der Waals surface area contributed by atoms with Gasteiger partial charge in [-0.2, -0.15) is 0 Å². The summed E-state index contributed by atoms with van der Waals surface area (Å²) in [6, 6.07) is 31.7. The quantitative estimate of drug-likeness (QED) is 0.146. The summed E-state index contributed by atoms with van der Waals surface area (Å²) in [7, 11) is 3.08. The number of carboxylic acids is 1. The van der Waals surface area contributed by atoms with E-state index in [0.717, 1.165) is 10.5 Å². The molecule has 0 fully saturated rings. The summed E-state index contributed by atoms with van der Waals surface area (Å²) < 4.78 is 10.8. The number of fused-ring (bicyclic) bond motifs is 1. The number of hydrogen-bond donors (Lipinski definition) is 3. The van der Waals surface area contributed by atoms with Crippen LogP contribution in [0.5, 0.6) is 11.5 Å². The number of rotatable bonds is 10. The molecule has 0 saturated heterocycles. The van der Waals surface area contributed by atoms with Crippen LogP contribution in [0.2, 0.25) is 0 Å². The van der Waals surface area contributed by atoms with E-state index in [1.807, 2.05) is 36.4 Å². The Hall–Kier alpha value is -5.28. The number of carbonyl (C=O) groups is 3. The molecule has 5 rings (SSSR count). The zero-order valence-electron chi connectivity index (χ0n) is 23.4. The Kier molecular flexibility index (Phi) is 8.93. The van der Waals surface area contributed by atoms with Crippen molar-refractivity contribution in [2.24, 2.45) is 0 Å². The van der Waals surface area contributed by atoms with Gasteiger partial charge in [0.2, 0.25) is 5.91 Å². The lowest BCUT2D eigenvalue weighted by Gasteiger charge is -2.19. The molecule has 216 valence electrons. The van der Waals surface area contributed by atoms with Gasteiger partial charge in [-0.3, -0.25) is 9.59 Å². The van der Waals surface area contributed by atoms with Crippen LogP contribution in [-0.4, -0.2) is 37.1 Å². The first-order valence-corrected chi connectivity index (χ1v) is 14.2. The van der Waals surface area contributed by atoms with Crippen LogP contribution in [0, 0.1) is 0 Å². The highest BCUT2D eigenvalue weighted by Gasteiger charge is 2.24. The summed E-state index contributed by atoms with van der Waals surface area (Å²) in [6.07, 6.45) is 0. The summed E-state index contributed by atoms with van der Waals surface area (Å²) in [6.45, 7) is 0. The van der Waals surface area contributed by atoms with Gasteiger partial charge >= 0.3 is 5.97 Å². The Bertz CT molecular complexity index is 1800. The predicted octanol–water partition coefficient (Wildman–Crippen LogP) is 7.28. The number of methoxy groups -OCH3 is 2. The number of aromatic carboxylic acids is 1. The molecule has 0 aromatic heterocycles. The maximum absolute atomic E-state index is 13.7. The summed E-state index contributed by atoms with van der Waals surface area (Å²) >= 11 is 1.33. The SMILES string of the molecule is COc1ccc(OC)c(NC(=O)C(Sc2cccc(NC(=O)c3cccc4cccc(C(=O)O)c34)c2)c2ccccc2)c1. The minimum absolute atomic E-state index is 0.0527. The second-order valence-electron chi connectivity index (χ2n) is 9.46. The van der Waals surface area contributed by atoms with Gasteiger partial charge in [0.15, 0.2) is 0 Å². The number of amides is 2. The lowest BCUT2D eigenvalue weighted by molar-refractivity contribution is -0.115. The lowest BCUT2D eigenvalue weighted by Crippen LogP contribution is -2.19. The van der Waals surface area contributed by atoms with Crippen LogP contribution in [0.1, 0.15) is 31.5 Å². The first-order valence-electron chi connectivity index (χ1n) is 13.3. The fourth-order valence-electron chi connectivity index (χ4n) is 4.70. The highest BCUT2D eigenvalue weighted by atomic mass is 32.2. The molecule has 1 unspecified atom stereocenters. The van der Waals surface area contributed by atoms with E-state index in [0.29, 0.717) is 33.6 Å². The Morgan fingerprint density at radius 3 is 2.16 bits per heavy atom. The van der Waals surface area contributed by atoms with Gasteiger partial charge in [0.05, 0.1) is 25.5 Å². The highest BCUT2D eigenvalue weighted by molar-refractivity contribution is 8.00. The zero-order valence-corrected chi connectivity index (χ0v) is 24.2. The van der Waals surface area contributed by atoms with Crippen LogP contribution in [0.15, 0.2) is 114 Å². The molecule has 5 aromatic carbocycles. The van der Waals surface area contributed by atoms with Crippen molar-refractivity contribution in [3.63, 3.8) is 0 Å². The van der Waals surface area contributed by atoms with E-state index in [2.05, 4.69) is 10.6 Å². The van der Waals surface area contributed by atoms with Crippen molar-refractivity contribution in [1.29, 1.82) is 0 Å². The number of nitrogens with one attached hydrogen (secondary N) is 2. The molecule has 1 atom stereocenters. The second-order valence-corrected chi connectivity index (χ2v) is 10.6. The third-order valence-corrected chi connectivity index (χ3v) is 7.98. The molecule has 0 bridgehead atoms. The third kappa shape index (κ3) is 6.63. The molecular weight excluding hydrogens is 564 g/mol. The minimum Gasteiger partial charge on any atom is -0.497 e. The lowest BCUT2D eigenvalue weighted by atomic mass is 9.98. The number of benzene rings is 5. The fourth-order valence-corrected chi connectivity index (χ4v) is 5.78. The van der Waals surface area contributed by atoms with Crippen LogP contribution >= 0.6 is 11.8 Å². The molecule has 0 spiro atoms. The zero-order chi connectivity index (χ0) is 30.3. The first-order chi connectivity index (χ1) is 20.9. The smallest absolute Gasteiger partial charge is 0.336 e.